The van der Waals surface area contributed by atoms with Crippen molar-refractivity contribution in [2.75, 3.05) is 19.6 Å². The van der Waals surface area contributed by atoms with Gasteiger partial charge in [-0.05, 0) is 26.3 Å². The van der Waals surface area contributed by atoms with Gasteiger partial charge in [0.2, 0.25) is 0 Å². The molecular formula is C11H19N3O. The van der Waals surface area contributed by atoms with Gasteiger partial charge in [-0.25, -0.2) is 4.98 Å². The molecule has 0 aromatic carbocycles. The lowest BCUT2D eigenvalue weighted by Gasteiger charge is -2.14. The molecule has 1 fully saturated rings. The summed E-state index contributed by atoms with van der Waals surface area (Å²) >= 11 is 0. The molecule has 0 aliphatic carbocycles. The van der Waals surface area contributed by atoms with Gasteiger partial charge in [-0.2, -0.15) is 0 Å². The fraction of sp³-hybridized carbons (Fsp3) is 0.727. The smallest absolute Gasteiger partial charge is 0.105 e. The summed E-state index contributed by atoms with van der Waals surface area (Å²) in [7, 11) is 0. The van der Waals surface area contributed by atoms with E-state index in [1.165, 1.54) is 0 Å². The number of aliphatic hydroxyl groups excluding tert-OH is 1. The second kappa shape index (κ2) is 4.77. The Kier molecular flexibility index (Phi) is 3.38. The number of nitrogens with zero attached hydrogens (tertiary/aromatic N) is 3. The first-order chi connectivity index (χ1) is 7.25. The minimum atomic E-state index is -0.0972. The summed E-state index contributed by atoms with van der Waals surface area (Å²) < 4.78 is 2.17. The zero-order chi connectivity index (χ0) is 10.7. The van der Waals surface area contributed by atoms with E-state index in [2.05, 4.69) is 14.5 Å². The van der Waals surface area contributed by atoms with E-state index >= 15 is 0 Å². The van der Waals surface area contributed by atoms with Crippen LogP contribution >= 0.6 is 0 Å². The summed E-state index contributed by atoms with van der Waals surface area (Å²) in [4.78, 5) is 6.52. The largest absolute Gasteiger partial charge is 0.392 e. The lowest BCUT2D eigenvalue weighted by atomic mass is 10.3. The Morgan fingerprint density at radius 2 is 2.40 bits per heavy atom. The van der Waals surface area contributed by atoms with Gasteiger partial charge in [-0.1, -0.05) is 0 Å². The summed E-state index contributed by atoms with van der Waals surface area (Å²) in [6, 6.07) is 0. The molecule has 0 bridgehead atoms. The first-order valence-corrected chi connectivity index (χ1v) is 5.64. The van der Waals surface area contributed by atoms with Crippen LogP contribution in [0.25, 0.3) is 0 Å². The first-order valence-electron chi connectivity index (χ1n) is 5.64. The molecule has 0 radical (unpaired) electrons. The molecular weight excluding hydrogens is 190 g/mol. The molecule has 1 aliphatic heterocycles. The van der Waals surface area contributed by atoms with E-state index in [9.17, 15) is 5.11 Å². The SMILES string of the molecule is Cc1nccn1CCCN1CC[C@H](O)C1. The number of hydrogen-bond donors (Lipinski definition) is 1. The number of likely N-dealkylation sites (tertiary alicyclic amines) is 1. The van der Waals surface area contributed by atoms with Gasteiger partial charge in [0.1, 0.15) is 5.82 Å². The standard InChI is InChI=1S/C11H19N3O/c1-10-12-4-8-14(10)6-2-5-13-7-3-11(15)9-13/h4,8,11,15H,2-3,5-7,9H2,1H3/t11-/m0/s1. The van der Waals surface area contributed by atoms with Crippen molar-refractivity contribution >= 4 is 0 Å². The third kappa shape index (κ3) is 2.79. The Hall–Kier alpha value is -0.870. The normalized spacial score (nSPS) is 22.4. The lowest BCUT2D eigenvalue weighted by molar-refractivity contribution is 0.175. The van der Waals surface area contributed by atoms with Crippen LogP contribution in [0.2, 0.25) is 0 Å². The number of aromatic nitrogens is 2. The van der Waals surface area contributed by atoms with Gasteiger partial charge in [-0.3, -0.25) is 0 Å². The van der Waals surface area contributed by atoms with Crippen LogP contribution in [0.1, 0.15) is 18.7 Å². The second-order valence-corrected chi connectivity index (χ2v) is 4.26. The number of rotatable bonds is 4. The van der Waals surface area contributed by atoms with E-state index in [1.54, 1.807) is 0 Å². The molecule has 84 valence electrons. The van der Waals surface area contributed by atoms with Gasteiger partial charge in [-0.15, -0.1) is 0 Å². The average molecular weight is 209 g/mol. The molecule has 1 atom stereocenters. The van der Waals surface area contributed by atoms with Crippen molar-refractivity contribution in [3.63, 3.8) is 0 Å². The number of aliphatic hydroxyl groups is 1. The number of hydrogen-bond acceptors (Lipinski definition) is 3. The highest BCUT2D eigenvalue weighted by Gasteiger charge is 2.19. The molecule has 1 aromatic heterocycles. The number of β-amino-alcohol motifs (C(OH)–C–C–N with tert-alkyl or cyclic N) is 1. The van der Waals surface area contributed by atoms with Crippen LogP contribution in [0.3, 0.4) is 0 Å². The monoisotopic (exact) mass is 209 g/mol. The van der Waals surface area contributed by atoms with Crippen LogP contribution in [0, 0.1) is 6.92 Å². The quantitative estimate of drug-likeness (QED) is 0.791. The predicted molar refractivity (Wildman–Crippen MR) is 58.6 cm³/mol. The highest BCUT2D eigenvalue weighted by atomic mass is 16.3. The van der Waals surface area contributed by atoms with Crippen molar-refractivity contribution in [3.8, 4) is 0 Å². The fourth-order valence-corrected chi connectivity index (χ4v) is 2.12. The van der Waals surface area contributed by atoms with Crippen molar-refractivity contribution < 1.29 is 5.11 Å². The highest BCUT2D eigenvalue weighted by molar-refractivity contribution is 4.88. The van der Waals surface area contributed by atoms with E-state index in [0.29, 0.717) is 0 Å². The molecule has 0 saturated carbocycles. The molecule has 0 unspecified atom stereocenters. The van der Waals surface area contributed by atoms with Crippen LogP contribution < -0.4 is 0 Å². The van der Waals surface area contributed by atoms with Crippen molar-refractivity contribution in [1.29, 1.82) is 0 Å². The third-order valence-corrected chi connectivity index (χ3v) is 3.04. The minimum absolute atomic E-state index is 0.0972. The molecule has 2 heterocycles. The maximum atomic E-state index is 9.37. The van der Waals surface area contributed by atoms with E-state index in [1.807, 2.05) is 19.3 Å². The second-order valence-electron chi connectivity index (χ2n) is 4.26. The Balaban J connectivity index is 1.69. The van der Waals surface area contributed by atoms with E-state index in [0.717, 1.165) is 44.8 Å². The summed E-state index contributed by atoms with van der Waals surface area (Å²) in [6.45, 7) is 6.03. The lowest BCUT2D eigenvalue weighted by Crippen LogP contribution is -2.24. The van der Waals surface area contributed by atoms with Gasteiger partial charge in [0.05, 0.1) is 6.10 Å². The van der Waals surface area contributed by atoms with Gasteiger partial charge in [0, 0.05) is 32.0 Å². The Morgan fingerprint density at radius 3 is 3.00 bits per heavy atom. The maximum absolute atomic E-state index is 9.37. The topological polar surface area (TPSA) is 41.3 Å². The number of aryl methyl sites for hydroxylation is 2. The van der Waals surface area contributed by atoms with E-state index in [-0.39, 0.29) is 6.10 Å². The number of imidazole rings is 1. The van der Waals surface area contributed by atoms with Crippen molar-refractivity contribution in [1.82, 2.24) is 14.5 Å². The van der Waals surface area contributed by atoms with Crippen molar-refractivity contribution in [2.45, 2.75) is 32.4 Å². The van der Waals surface area contributed by atoms with Gasteiger partial charge >= 0.3 is 0 Å². The van der Waals surface area contributed by atoms with E-state index in [4.69, 9.17) is 0 Å². The fourth-order valence-electron chi connectivity index (χ4n) is 2.12. The Bertz CT molecular complexity index is 311. The molecule has 4 nitrogen and oxygen atoms in total. The van der Waals surface area contributed by atoms with E-state index < -0.39 is 0 Å². The molecule has 4 heteroatoms. The Labute approximate surface area is 90.5 Å². The molecule has 2 rings (SSSR count). The highest BCUT2D eigenvalue weighted by Crippen LogP contribution is 2.09. The summed E-state index contributed by atoms with van der Waals surface area (Å²) in [5, 5.41) is 9.37. The summed E-state index contributed by atoms with van der Waals surface area (Å²) in [5.41, 5.74) is 0. The molecule has 1 N–H and O–H groups in total. The molecule has 1 saturated heterocycles. The molecule has 0 spiro atoms. The van der Waals surface area contributed by atoms with Crippen molar-refractivity contribution in [3.05, 3.63) is 18.2 Å². The predicted octanol–water partition coefficient (Wildman–Crippen LogP) is 0.648. The molecule has 0 amide bonds. The molecule has 1 aromatic rings. The molecule has 15 heavy (non-hydrogen) atoms. The summed E-state index contributed by atoms with van der Waals surface area (Å²) in [6.07, 6.45) is 5.83. The minimum Gasteiger partial charge on any atom is -0.392 e. The zero-order valence-electron chi connectivity index (χ0n) is 9.26. The average Bonchev–Trinajstić information content (AvgIpc) is 2.77. The van der Waals surface area contributed by atoms with Crippen molar-refractivity contribution in [2.24, 2.45) is 0 Å². The van der Waals surface area contributed by atoms with Crippen LogP contribution in [-0.4, -0.2) is 45.3 Å². The third-order valence-electron chi connectivity index (χ3n) is 3.04. The van der Waals surface area contributed by atoms with Gasteiger partial charge in [0.15, 0.2) is 0 Å². The van der Waals surface area contributed by atoms with Crippen LogP contribution in [0.5, 0.6) is 0 Å². The van der Waals surface area contributed by atoms with Gasteiger partial charge < -0.3 is 14.6 Å². The maximum Gasteiger partial charge on any atom is 0.105 e. The van der Waals surface area contributed by atoms with Crippen LogP contribution in [0.15, 0.2) is 12.4 Å². The van der Waals surface area contributed by atoms with Crippen LogP contribution in [0.4, 0.5) is 0 Å². The first kappa shape index (κ1) is 10.6. The van der Waals surface area contributed by atoms with Gasteiger partial charge in [0.25, 0.3) is 0 Å². The van der Waals surface area contributed by atoms with Crippen LogP contribution in [-0.2, 0) is 6.54 Å². The molecule has 1 aliphatic rings. The zero-order valence-corrected chi connectivity index (χ0v) is 9.26. The Morgan fingerprint density at radius 1 is 1.53 bits per heavy atom. The summed E-state index contributed by atoms with van der Waals surface area (Å²) in [5.74, 6) is 1.08.